The molecular weight excluding hydrogens is 316 g/mol. The highest BCUT2D eigenvalue weighted by Gasteiger charge is 2.03. The van der Waals surface area contributed by atoms with Gasteiger partial charge in [0, 0.05) is 25.2 Å². The SMILES string of the molecule is CNC(=O)c1ccc(/C=C\C(=O)NCc2ccc(C)c(OC)c2)cc1. The maximum atomic E-state index is 11.9. The molecule has 0 unspecified atom stereocenters. The van der Waals surface area contributed by atoms with Crippen molar-refractivity contribution >= 4 is 17.9 Å². The molecule has 0 heterocycles. The van der Waals surface area contributed by atoms with Crippen molar-refractivity contribution in [2.75, 3.05) is 14.2 Å². The summed E-state index contributed by atoms with van der Waals surface area (Å²) in [6.07, 6.45) is 3.18. The van der Waals surface area contributed by atoms with E-state index in [1.165, 1.54) is 6.08 Å². The molecule has 0 saturated carbocycles. The Bertz CT molecular complexity index is 780. The van der Waals surface area contributed by atoms with Crippen LogP contribution in [0.1, 0.15) is 27.0 Å². The number of methoxy groups -OCH3 is 1. The van der Waals surface area contributed by atoms with Crippen molar-refractivity contribution in [2.45, 2.75) is 13.5 Å². The lowest BCUT2D eigenvalue weighted by Gasteiger charge is -2.08. The lowest BCUT2D eigenvalue weighted by Crippen LogP contribution is -2.20. The van der Waals surface area contributed by atoms with E-state index in [-0.39, 0.29) is 11.8 Å². The van der Waals surface area contributed by atoms with E-state index < -0.39 is 0 Å². The lowest BCUT2D eigenvalue weighted by molar-refractivity contribution is -0.116. The van der Waals surface area contributed by atoms with Crippen LogP contribution >= 0.6 is 0 Å². The van der Waals surface area contributed by atoms with Crippen LogP contribution in [0.15, 0.2) is 48.5 Å². The molecule has 0 bridgehead atoms. The molecule has 0 spiro atoms. The number of hydrogen-bond donors (Lipinski definition) is 2. The van der Waals surface area contributed by atoms with Crippen molar-refractivity contribution in [3.8, 4) is 5.75 Å². The van der Waals surface area contributed by atoms with E-state index >= 15 is 0 Å². The minimum Gasteiger partial charge on any atom is -0.496 e. The Kier molecular flexibility index (Phi) is 6.34. The molecule has 0 aromatic heterocycles. The molecule has 0 fully saturated rings. The summed E-state index contributed by atoms with van der Waals surface area (Å²) in [4.78, 5) is 23.4. The van der Waals surface area contributed by atoms with Gasteiger partial charge in [0.05, 0.1) is 7.11 Å². The number of benzene rings is 2. The highest BCUT2D eigenvalue weighted by atomic mass is 16.5. The van der Waals surface area contributed by atoms with Crippen molar-refractivity contribution in [2.24, 2.45) is 0 Å². The monoisotopic (exact) mass is 338 g/mol. The molecule has 5 nitrogen and oxygen atoms in total. The largest absolute Gasteiger partial charge is 0.496 e. The summed E-state index contributed by atoms with van der Waals surface area (Å²) in [6.45, 7) is 2.40. The molecule has 2 N–H and O–H groups in total. The molecule has 130 valence electrons. The Morgan fingerprint density at radius 1 is 1.12 bits per heavy atom. The zero-order valence-corrected chi connectivity index (χ0v) is 14.6. The number of rotatable bonds is 6. The number of amides is 2. The van der Waals surface area contributed by atoms with Crippen molar-refractivity contribution in [3.05, 3.63) is 70.8 Å². The van der Waals surface area contributed by atoms with Crippen LogP contribution < -0.4 is 15.4 Å². The standard InChI is InChI=1S/C20H22N2O3/c1-14-4-5-16(12-18(14)25-3)13-22-19(23)11-8-15-6-9-17(10-7-15)20(24)21-2/h4-12H,13H2,1-3H3,(H,21,24)(H,22,23)/b11-8-. The van der Waals surface area contributed by atoms with E-state index in [0.29, 0.717) is 12.1 Å². The van der Waals surface area contributed by atoms with Crippen LogP contribution in [0.5, 0.6) is 5.75 Å². The predicted molar refractivity (Wildman–Crippen MR) is 98.4 cm³/mol. The Morgan fingerprint density at radius 2 is 1.84 bits per heavy atom. The summed E-state index contributed by atoms with van der Waals surface area (Å²) < 4.78 is 5.28. The Balaban J connectivity index is 1.91. The van der Waals surface area contributed by atoms with Gasteiger partial charge >= 0.3 is 0 Å². The molecule has 2 aromatic carbocycles. The average Bonchev–Trinajstić information content (AvgIpc) is 2.65. The third-order valence-electron chi connectivity index (χ3n) is 3.77. The predicted octanol–water partition coefficient (Wildman–Crippen LogP) is 2.69. The molecular formula is C20H22N2O3. The highest BCUT2D eigenvalue weighted by Crippen LogP contribution is 2.18. The van der Waals surface area contributed by atoms with E-state index in [0.717, 1.165) is 22.4 Å². The number of carbonyl (C=O) groups excluding carboxylic acids is 2. The minimum atomic E-state index is -0.185. The minimum absolute atomic E-state index is 0.137. The number of ether oxygens (including phenoxy) is 1. The summed E-state index contributed by atoms with van der Waals surface area (Å²) in [5.74, 6) is 0.482. The molecule has 5 heteroatoms. The first kappa shape index (κ1) is 18.3. The van der Waals surface area contributed by atoms with Crippen molar-refractivity contribution in [3.63, 3.8) is 0 Å². The quantitative estimate of drug-likeness (QED) is 0.796. The van der Waals surface area contributed by atoms with Crippen molar-refractivity contribution < 1.29 is 14.3 Å². The summed E-state index contributed by atoms with van der Waals surface area (Å²) >= 11 is 0. The zero-order chi connectivity index (χ0) is 18.2. The van der Waals surface area contributed by atoms with Gasteiger partial charge in [-0.2, -0.15) is 0 Å². The smallest absolute Gasteiger partial charge is 0.251 e. The van der Waals surface area contributed by atoms with Crippen LogP contribution in [0, 0.1) is 6.92 Å². The van der Waals surface area contributed by atoms with Gasteiger partial charge in [-0.25, -0.2) is 0 Å². The fraction of sp³-hybridized carbons (Fsp3) is 0.200. The molecule has 0 aliphatic carbocycles. The summed E-state index contributed by atoms with van der Waals surface area (Å²) in [7, 11) is 3.22. The summed E-state index contributed by atoms with van der Waals surface area (Å²) in [5, 5.41) is 5.40. The van der Waals surface area contributed by atoms with Crippen LogP contribution in [0.25, 0.3) is 6.08 Å². The van der Waals surface area contributed by atoms with Gasteiger partial charge in [0.15, 0.2) is 0 Å². The molecule has 0 saturated heterocycles. The maximum Gasteiger partial charge on any atom is 0.251 e. The van der Waals surface area contributed by atoms with Gasteiger partial charge in [0.25, 0.3) is 5.91 Å². The molecule has 0 atom stereocenters. The highest BCUT2D eigenvalue weighted by molar-refractivity contribution is 5.94. The molecule has 0 radical (unpaired) electrons. The van der Waals surface area contributed by atoms with Gasteiger partial charge in [-0.1, -0.05) is 24.3 Å². The number of aryl methyl sites for hydroxylation is 1. The van der Waals surface area contributed by atoms with E-state index in [4.69, 9.17) is 4.74 Å². The molecule has 2 rings (SSSR count). The van der Waals surface area contributed by atoms with E-state index in [1.807, 2.05) is 25.1 Å². The first-order valence-electron chi connectivity index (χ1n) is 7.95. The number of nitrogens with one attached hydrogen (secondary N) is 2. The van der Waals surface area contributed by atoms with Crippen LogP contribution in [-0.4, -0.2) is 26.0 Å². The van der Waals surface area contributed by atoms with Gasteiger partial charge in [-0.3, -0.25) is 9.59 Å². The lowest BCUT2D eigenvalue weighted by atomic mass is 10.1. The maximum absolute atomic E-state index is 11.9. The summed E-state index contributed by atoms with van der Waals surface area (Å²) in [6, 6.07) is 12.8. The fourth-order valence-electron chi connectivity index (χ4n) is 2.28. The Morgan fingerprint density at radius 3 is 2.48 bits per heavy atom. The second kappa shape index (κ2) is 8.68. The zero-order valence-electron chi connectivity index (χ0n) is 14.6. The average molecular weight is 338 g/mol. The van der Waals surface area contributed by atoms with Gasteiger partial charge in [-0.05, 0) is 47.9 Å². The number of hydrogen-bond acceptors (Lipinski definition) is 3. The van der Waals surface area contributed by atoms with Gasteiger partial charge in [0.2, 0.25) is 5.91 Å². The van der Waals surface area contributed by atoms with E-state index in [2.05, 4.69) is 10.6 Å². The van der Waals surface area contributed by atoms with Crippen LogP contribution in [0.3, 0.4) is 0 Å². The van der Waals surface area contributed by atoms with Crippen molar-refractivity contribution in [1.29, 1.82) is 0 Å². The Hall–Kier alpha value is -3.08. The number of carbonyl (C=O) groups is 2. The van der Waals surface area contributed by atoms with E-state index in [9.17, 15) is 9.59 Å². The third kappa shape index (κ3) is 5.21. The van der Waals surface area contributed by atoms with Crippen LogP contribution in [0.4, 0.5) is 0 Å². The first-order chi connectivity index (χ1) is 12.0. The van der Waals surface area contributed by atoms with E-state index in [1.54, 1.807) is 44.5 Å². The van der Waals surface area contributed by atoms with Gasteiger partial charge in [-0.15, -0.1) is 0 Å². The Labute approximate surface area is 147 Å². The van der Waals surface area contributed by atoms with Gasteiger partial charge < -0.3 is 15.4 Å². The molecule has 0 aliphatic rings. The molecule has 25 heavy (non-hydrogen) atoms. The molecule has 0 aliphatic heterocycles. The fourth-order valence-corrected chi connectivity index (χ4v) is 2.28. The van der Waals surface area contributed by atoms with Crippen LogP contribution in [0.2, 0.25) is 0 Å². The summed E-state index contributed by atoms with van der Waals surface area (Å²) in [5.41, 5.74) is 3.45. The van der Waals surface area contributed by atoms with Crippen LogP contribution in [-0.2, 0) is 11.3 Å². The second-order valence-electron chi connectivity index (χ2n) is 5.56. The normalized spacial score (nSPS) is 10.5. The van der Waals surface area contributed by atoms with Gasteiger partial charge in [0.1, 0.15) is 5.75 Å². The molecule has 2 amide bonds. The first-order valence-corrected chi connectivity index (χ1v) is 7.95. The molecule has 2 aromatic rings. The second-order valence-corrected chi connectivity index (χ2v) is 5.56. The topological polar surface area (TPSA) is 67.4 Å². The van der Waals surface area contributed by atoms with Crippen molar-refractivity contribution in [1.82, 2.24) is 10.6 Å². The third-order valence-corrected chi connectivity index (χ3v) is 3.77.